The minimum atomic E-state index is -0.378. The van der Waals surface area contributed by atoms with Gasteiger partial charge in [0.05, 0.1) is 16.9 Å². The summed E-state index contributed by atoms with van der Waals surface area (Å²) in [6, 6.07) is 12.3. The molecular formula is C24H28ClN3O2. The summed E-state index contributed by atoms with van der Waals surface area (Å²) in [5.41, 5.74) is 1.99. The second-order valence-corrected chi connectivity index (χ2v) is 8.60. The average molecular weight is 426 g/mol. The normalized spacial score (nSPS) is 12.4. The van der Waals surface area contributed by atoms with Crippen LogP contribution in [0.1, 0.15) is 55.0 Å². The van der Waals surface area contributed by atoms with Crippen molar-refractivity contribution in [2.75, 3.05) is 6.54 Å². The summed E-state index contributed by atoms with van der Waals surface area (Å²) in [5, 5.41) is 1.03. The van der Waals surface area contributed by atoms with Crippen LogP contribution in [0.4, 0.5) is 0 Å². The first-order chi connectivity index (χ1) is 14.2. The molecule has 0 aliphatic rings. The maximum atomic E-state index is 13.5. The number of hydrogen-bond donors (Lipinski definition) is 0. The van der Waals surface area contributed by atoms with Gasteiger partial charge in [-0.25, -0.2) is 4.98 Å². The molecule has 1 aromatic heterocycles. The second kappa shape index (κ2) is 9.00. The summed E-state index contributed by atoms with van der Waals surface area (Å²) >= 11 is 6.12. The van der Waals surface area contributed by atoms with Crippen molar-refractivity contribution in [3.63, 3.8) is 0 Å². The fraction of sp³-hybridized carbons (Fsp3) is 0.375. The Labute approximate surface area is 182 Å². The van der Waals surface area contributed by atoms with Gasteiger partial charge in [-0.3, -0.25) is 14.2 Å². The fourth-order valence-electron chi connectivity index (χ4n) is 3.61. The lowest BCUT2D eigenvalue weighted by atomic mass is 10.0. The highest BCUT2D eigenvalue weighted by molar-refractivity contribution is 6.31. The molecule has 1 heterocycles. The van der Waals surface area contributed by atoms with E-state index in [0.29, 0.717) is 39.8 Å². The predicted molar refractivity (Wildman–Crippen MR) is 122 cm³/mol. The van der Waals surface area contributed by atoms with Gasteiger partial charge in [-0.05, 0) is 56.0 Å². The van der Waals surface area contributed by atoms with Crippen LogP contribution in [0, 0.1) is 12.8 Å². The largest absolute Gasteiger partial charge is 0.329 e. The third kappa shape index (κ3) is 4.41. The van der Waals surface area contributed by atoms with E-state index in [2.05, 4.69) is 13.8 Å². The van der Waals surface area contributed by atoms with Crippen molar-refractivity contribution in [2.24, 2.45) is 13.0 Å². The summed E-state index contributed by atoms with van der Waals surface area (Å²) in [6.45, 7) is 8.70. The lowest BCUT2D eigenvalue weighted by molar-refractivity contribution is 0.0669. The van der Waals surface area contributed by atoms with Gasteiger partial charge in [0.25, 0.3) is 11.5 Å². The minimum absolute atomic E-state index is 0.0540. The molecule has 0 saturated heterocycles. The molecule has 0 saturated carbocycles. The summed E-state index contributed by atoms with van der Waals surface area (Å²) in [4.78, 5) is 33.0. The summed E-state index contributed by atoms with van der Waals surface area (Å²) in [5.74, 6) is 0.929. The Balaban J connectivity index is 2.09. The van der Waals surface area contributed by atoms with E-state index >= 15 is 0 Å². The van der Waals surface area contributed by atoms with E-state index in [4.69, 9.17) is 16.6 Å². The van der Waals surface area contributed by atoms with Crippen molar-refractivity contribution in [1.82, 2.24) is 14.5 Å². The number of fused-ring (bicyclic) bond motifs is 1. The Morgan fingerprint density at radius 2 is 1.87 bits per heavy atom. The van der Waals surface area contributed by atoms with Gasteiger partial charge in [-0.2, -0.15) is 0 Å². The molecule has 3 aromatic rings. The molecule has 0 spiro atoms. The Kier molecular flexibility index (Phi) is 6.61. The maximum absolute atomic E-state index is 13.5. The second-order valence-electron chi connectivity index (χ2n) is 8.17. The molecule has 0 aliphatic heterocycles. The smallest absolute Gasteiger partial charge is 0.261 e. The zero-order chi connectivity index (χ0) is 22.0. The van der Waals surface area contributed by atoms with Gasteiger partial charge in [0.1, 0.15) is 5.82 Å². The van der Waals surface area contributed by atoms with Crippen LogP contribution < -0.4 is 5.56 Å². The highest BCUT2D eigenvalue weighted by Gasteiger charge is 2.27. The zero-order valence-electron chi connectivity index (χ0n) is 18.1. The lowest BCUT2D eigenvalue weighted by Gasteiger charge is -2.31. The first-order valence-electron chi connectivity index (χ1n) is 10.2. The van der Waals surface area contributed by atoms with Crippen LogP contribution in [0.25, 0.3) is 10.9 Å². The van der Waals surface area contributed by atoms with Crippen molar-refractivity contribution in [1.29, 1.82) is 0 Å². The van der Waals surface area contributed by atoms with Gasteiger partial charge < -0.3 is 4.90 Å². The predicted octanol–water partition coefficient (Wildman–Crippen LogP) is 5.14. The highest BCUT2D eigenvalue weighted by atomic mass is 35.5. The first kappa shape index (κ1) is 22.0. The van der Waals surface area contributed by atoms with Crippen molar-refractivity contribution in [2.45, 2.75) is 40.2 Å². The molecule has 158 valence electrons. The highest BCUT2D eigenvalue weighted by Crippen LogP contribution is 2.25. The van der Waals surface area contributed by atoms with Crippen LogP contribution in [0.2, 0.25) is 5.02 Å². The van der Waals surface area contributed by atoms with Gasteiger partial charge in [0, 0.05) is 24.2 Å². The van der Waals surface area contributed by atoms with Crippen LogP contribution in [0.15, 0.2) is 47.3 Å². The van der Waals surface area contributed by atoms with E-state index in [1.807, 2.05) is 43.0 Å². The summed E-state index contributed by atoms with van der Waals surface area (Å²) in [6.07, 6.45) is 0.856. The SMILES string of the molecule is Cc1ccccc1C(=O)N(CCC(C)C)C(C)c1nc2cc(Cl)ccc2c(=O)n1C. The molecule has 3 rings (SSSR count). The van der Waals surface area contributed by atoms with Crippen LogP contribution in [0.5, 0.6) is 0 Å². The summed E-state index contributed by atoms with van der Waals surface area (Å²) in [7, 11) is 1.70. The van der Waals surface area contributed by atoms with Crippen molar-refractivity contribution >= 4 is 28.4 Å². The molecule has 0 bridgehead atoms. The molecule has 0 aliphatic carbocycles. The molecule has 0 N–H and O–H groups in total. The van der Waals surface area contributed by atoms with Gasteiger partial charge in [0.15, 0.2) is 0 Å². The monoisotopic (exact) mass is 425 g/mol. The van der Waals surface area contributed by atoms with Crippen LogP contribution in [0.3, 0.4) is 0 Å². The fourth-order valence-corrected chi connectivity index (χ4v) is 3.78. The standard InChI is InChI=1S/C24H28ClN3O2/c1-15(2)12-13-28(24(30)19-9-7-6-8-16(19)3)17(4)22-26-21-14-18(25)10-11-20(21)23(29)27(22)5/h6-11,14-15,17H,12-13H2,1-5H3. The number of benzene rings is 2. The molecule has 2 aromatic carbocycles. The van der Waals surface area contributed by atoms with E-state index in [1.54, 1.807) is 25.2 Å². The van der Waals surface area contributed by atoms with E-state index in [1.165, 1.54) is 4.57 Å². The number of hydrogen-bond acceptors (Lipinski definition) is 3. The van der Waals surface area contributed by atoms with Gasteiger partial charge in [-0.1, -0.05) is 43.6 Å². The maximum Gasteiger partial charge on any atom is 0.261 e. The van der Waals surface area contributed by atoms with Crippen molar-refractivity contribution in [3.05, 3.63) is 74.8 Å². The van der Waals surface area contributed by atoms with Crippen LogP contribution >= 0.6 is 11.6 Å². The Morgan fingerprint density at radius 3 is 2.53 bits per heavy atom. The van der Waals surface area contributed by atoms with Crippen molar-refractivity contribution in [3.8, 4) is 0 Å². The number of aryl methyl sites for hydroxylation is 1. The van der Waals surface area contributed by atoms with Gasteiger partial charge in [-0.15, -0.1) is 0 Å². The third-order valence-electron chi connectivity index (χ3n) is 5.50. The number of rotatable bonds is 6. The lowest BCUT2D eigenvalue weighted by Crippen LogP contribution is -2.38. The molecule has 5 nitrogen and oxygen atoms in total. The molecule has 0 radical (unpaired) electrons. The van der Waals surface area contributed by atoms with Gasteiger partial charge in [0.2, 0.25) is 0 Å². The first-order valence-corrected chi connectivity index (χ1v) is 10.6. The van der Waals surface area contributed by atoms with E-state index in [0.717, 1.165) is 12.0 Å². The number of halogens is 1. The Morgan fingerprint density at radius 1 is 1.17 bits per heavy atom. The molecule has 6 heteroatoms. The molecule has 30 heavy (non-hydrogen) atoms. The average Bonchev–Trinajstić information content (AvgIpc) is 2.70. The Hall–Kier alpha value is -2.66. The number of nitrogens with zero attached hydrogens (tertiary/aromatic N) is 3. The van der Waals surface area contributed by atoms with E-state index in [-0.39, 0.29) is 17.5 Å². The molecule has 1 unspecified atom stereocenters. The number of carbonyl (C=O) groups is 1. The molecular weight excluding hydrogens is 398 g/mol. The topological polar surface area (TPSA) is 55.2 Å². The van der Waals surface area contributed by atoms with Gasteiger partial charge >= 0.3 is 0 Å². The molecule has 1 atom stereocenters. The number of carbonyl (C=O) groups excluding carboxylic acids is 1. The van der Waals surface area contributed by atoms with E-state index < -0.39 is 0 Å². The van der Waals surface area contributed by atoms with Crippen molar-refractivity contribution < 1.29 is 4.79 Å². The Bertz CT molecular complexity index is 1140. The van der Waals surface area contributed by atoms with Crippen LogP contribution in [-0.2, 0) is 7.05 Å². The zero-order valence-corrected chi connectivity index (χ0v) is 18.9. The van der Waals surface area contributed by atoms with Crippen LogP contribution in [-0.4, -0.2) is 26.9 Å². The molecule has 1 amide bonds. The quantitative estimate of drug-likeness (QED) is 0.549. The third-order valence-corrected chi connectivity index (χ3v) is 5.73. The summed E-state index contributed by atoms with van der Waals surface area (Å²) < 4.78 is 1.54. The molecule has 0 fully saturated rings. The minimum Gasteiger partial charge on any atom is -0.329 e. The number of amides is 1. The van der Waals surface area contributed by atoms with E-state index in [9.17, 15) is 9.59 Å². The number of aromatic nitrogens is 2.